The van der Waals surface area contributed by atoms with E-state index in [2.05, 4.69) is 36.5 Å². The fraction of sp³-hybridized carbons (Fsp3) is 0.571. The quantitative estimate of drug-likeness (QED) is 0.865. The van der Waals surface area contributed by atoms with Crippen molar-refractivity contribution < 1.29 is 9.47 Å². The second-order valence-electron chi connectivity index (χ2n) is 4.67. The number of morpholine rings is 1. The lowest BCUT2D eigenvalue weighted by molar-refractivity contribution is -0.0668. The normalized spacial score (nSPS) is 29.2. The summed E-state index contributed by atoms with van der Waals surface area (Å²) in [7, 11) is 0. The van der Waals surface area contributed by atoms with Gasteiger partial charge in [0.1, 0.15) is 0 Å². The minimum atomic E-state index is -0.0794. The van der Waals surface area contributed by atoms with Crippen molar-refractivity contribution in [2.24, 2.45) is 0 Å². The van der Waals surface area contributed by atoms with E-state index in [9.17, 15) is 0 Å². The van der Waals surface area contributed by atoms with E-state index in [-0.39, 0.29) is 11.6 Å². The molecule has 1 fully saturated rings. The van der Waals surface area contributed by atoms with Crippen LogP contribution in [0.3, 0.4) is 0 Å². The lowest BCUT2D eigenvalue weighted by atomic mass is 9.91. The SMILES string of the molecule is CCOCC1CNC(C)(c2ccccc2)CO1. The van der Waals surface area contributed by atoms with Gasteiger partial charge in [-0.25, -0.2) is 0 Å². The van der Waals surface area contributed by atoms with Crippen molar-refractivity contribution in [2.75, 3.05) is 26.4 Å². The first-order valence-electron chi connectivity index (χ1n) is 6.24. The van der Waals surface area contributed by atoms with E-state index in [0.29, 0.717) is 13.2 Å². The third-order valence-electron chi connectivity index (χ3n) is 3.25. The summed E-state index contributed by atoms with van der Waals surface area (Å²) in [5.41, 5.74) is 1.19. The summed E-state index contributed by atoms with van der Waals surface area (Å²) in [5.74, 6) is 0. The fourth-order valence-electron chi connectivity index (χ4n) is 2.08. The van der Waals surface area contributed by atoms with Crippen LogP contribution in [0, 0.1) is 0 Å². The maximum absolute atomic E-state index is 5.86. The molecule has 0 saturated carbocycles. The van der Waals surface area contributed by atoms with Crippen LogP contribution in [0.5, 0.6) is 0 Å². The Morgan fingerprint density at radius 2 is 2.18 bits per heavy atom. The van der Waals surface area contributed by atoms with Crippen LogP contribution in [-0.2, 0) is 15.0 Å². The molecule has 2 unspecified atom stereocenters. The van der Waals surface area contributed by atoms with E-state index >= 15 is 0 Å². The molecule has 0 aromatic heterocycles. The highest BCUT2D eigenvalue weighted by atomic mass is 16.5. The van der Waals surface area contributed by atoms with Crippen molar-refractivity contribution >= 4 is 0 Å². The number of rotatable bonds is 4. The zero-order valence-electron chi connectivity index (χ0n) is 10.6. The zero-order valence-corrected chi connectivity index (χ0v) is 10.6. The van der Waals surface area contributed by atoms with Crippen LogP contribution in [0.25, 0.3) is 0 Å². The second-order valence-corrected chi connectivity index (χ2v) is 4.67. The molecule has 2 atom stereocenters. The topological polar surface area (TPSA) is 30.5 Å². The van der Waals surface area contributed by atoms with Crippen LogP contribution >= 0.6 is 0 Å². The summed E-state index contributed by atoms with van der Waals surface area (Å²) in [5, 5.41) is 3.57. The highest BCUT2D eigenvalue weighted by molar-refractivity contribution is 5.24. The van der Waals surface area contributed by atoms with Crippen molar-refractivity contribution in [2.45, 2.75) is 25.5 Å². The molecule has 0 amide bonds. The average molecular weight is 235 g/mol. The third-order valence-corrected chi connectivity index (χ3v) is 3.25. The molecule has 0 bridgehead atoms. The third kappa shape index (κ3) is 3.06. The molecule has 0 spiro atoms. The molecule has 1 aliphatic rings. The number of hydrogen-bond donors (Lipinski definition) is 1. The van der Waals surface area contributed by atoms with Gasteiger partial charge in [-0.15, -0.1) is 0 Å². The van der Waals surface area contributed by atoms with Gasteiger partial charge in [-0.2, -0.15) is 0 Å². The zero-order chi connectivity index (χ0) is 12.1. The second kappa shape index (κ2) is 5.63. The Hall–Kier alpha value is -0.900. The van der Waals surface area contributed by atoms with Gasteiger partial charge in [0.15, 0.2) is 0 Å². The molecule has 94 valence electrons. The Bertz CT molecular complexity index is 331. The van der Waals surface area contributed by atoms with Crippen LogP contribution in [0.1, 0.15) is 19.4 Å². The van der Waals surface area contributed by atoms with E-state index in [0.717, 1.165) is 13.2 Å². The predicted molar refractivity (Wildman–Crippen MR) is 68.0 cm³/mol. The molecule has 0 aliphatic carbocycles. The van der Waals surface area contributed by atoms with Crippen LogP contribution < -0.4 is 5.32 Å². The smallest absolute Gasteiger partial charge is 0.0933 e. The van der Waals surface area contributed by atoms with E-state index < -0.39 is 0 Å². The monoisotopic (exact) mass is 235 g/mol. The highest BCUT2D eigenvalue weighted by Crippen LogP contribution is 2.24. The molecule has 1 saturated heterocycles. The van der Waals surface area contributed by atoms with E-state index in [1.54, 1.807) is 0 Å². The van der Waals surface area contributed by atoms with Crippen LogP contribution in [0.15, 0.2) is 30.3 Å². The molecule has 1 aliphatic heterocycles. The average Bonchev–Trinajstić information content (AvgIpc) is 2.39. The molecule has 1 N–H and O–H groups in total. The summed E-state index contributed by atoms with van der Waals surface area (Å²) < 4.78 is 11.2. The van der Waals surface area contributed by atoms with E-state index in [4.69, 9.17) is 9.47 Å². The minimum Gasteiger partial charge on any atom is -0.379 e. The maximum Gasteiger partial charge on any atom is 0.0933 e. The van der Waals surface area contributed by atoms with Gasteiger partial charge in [0.2, 0.25) is 0 Å². The van der Waals surface area contributed by atoms with Gasteiger partial charge in [-0.3, -0.25) is 0 Å². The molecular formula is C14H21NO2. The molecule has 0 radical (unpaired) electrons. The Kier molecular flexibility index (Phi) is 4.15. The van der Waals surface area contributed by atoms with Gasteiger partial charge < -0.3 is 14.8 Å². The van der Waals surface area contributed by atoms with Crippen molar-refractivity contribution in [1.29, 1.82) is 0 Å². The van der Waals surface area contributed by atoms with Crippen molar-refractivity contribution in [1.82, 2.24) is 5.32 Å². The molecule has 17 heavy (non-hydrogen) atoms. The van der Waals surface area contributed by atoms with Gasteiger partial charge in [-0.1, -0.05) is 30.3 Å². The van der Waals surface area contributed by atoms with Crippen LogP contribution in [0.4, 0.5) is 0 Å². The largest absolute Gasteiger partial charge is 0.379 e. The van der Waals surface area contributed by atoms with Crippen molar-refractivity contribution in [3.8, 4) is 0 Å². The van der Waals surface area contributed by atoms with Crippen LogP contribution in [0.2, 0.25) is 0 Å². The summed E-state index contributed by atoms with van der Waals surface area (Å²) in [6.45, 7) is 7.13. The molecule has 3 heteroatoms. The van der Waals surface area contributed by atoms with Gasteiger partial charge in [0.05, 0.1) is 24.9 Å². The van der Waals surface area contributed by atoms with Crippen molar-refractivity contribution in [3.05, 3.63) is 35.9 Å². The standard InChI is InChI=1S/C14H21NO2/c1-3-16-10-13-9-15-14(2,11-17-13)12-7-5-4-6-8-12/h4-8,13,15H,3,9-11H2,1-2H3. The summed E-state index contributed by atoms with van der Waals surface area (Å²) in [6.07, 6.45) is 0.173. The fourth-order valence-corrected chi connectivity index (χ4v) is 2.08. The van der Waals surface area contributed by atoms with Gasteiger partial charge in [0.25, 0.3) is 0 Å². The van der Waals surface area contributed by atoms with Gasteiger partial charge in [0, 0.05) is 13.2 Å². The Morgan fingerprint density at radius 1 is 1.41 bits per heavy atom. The van der Waals surface area contributed by atoms with Crippen LogP contribution in [-0.4, -0.2) is 32.5 Å². The summed E-state index contributed by atoms with van der Waals surface area (Å²) in [6, 6.07) is 10.4. The van der Waals surface area contributed by atoms with E-state index in [1.165, 1.54) is 5.56 Å². The lowest BCUT2D eigenvalue weighted by Gasteiger charge is -2.39. The van der Waals surface area contributed by atoms with Gasteiger partial charge >= 0.3 is 0 Å². The molecule has 3 nitrogen and oxygen atoms in total. The molecule has 2 rings (SSSR count). The summed E-state index contributed by atoms with van der Waals surface area (Å²) >= 11 is 0. The first kappa shape index (κ1) is 12.6. The number of nitrogens with one attached hydrogen (secondary N) is 1. The minimum absolute atomic E-state index is 0.0794. The first-order valence-corrected chi connectivity index (χ1v) is 6.24. The molecule has 1 aromatic carbocycles. The Labute approximate surface area is 103 Å². The molecular weight excluding hydrogens is 214 g/mol. The summed E-state index contributed by atoms with van der Waals surface area (Å²) in [4.78, 5) is 0. The lowest BCUT2D eigenvalue weighted by Crippen LogP contribution is -2.54. The molecule has 1 aromatic rings. The molecule has 1 heterocycles. The first-order chi connectivity index (χ1) is 8.24. The number of benzene rings is 1. The van der Waals surface area contributed by atoms with Gasteiger partial charge in [-0.05, 0) is 19.4 Å². The maximum atomic E-state index is 5.86. The Balaban J connectivity index is 1.93. The number of hydrogen-bond acceptors (Lipinski definition) is 3. The predicted octanol–water partition coefficient (Wildman–Crippen LogP) is 1.93. The highest BCUT2D eigenvalue weighted by Gasteiger charge is 2.32. The van der Waals surface area contributed by atoms with Crippen molar-refractivity contribution in [3.63, 3.8) is 0 Å². The number of ether oxygens (including phenoxy) is 2. The van der Waals surface area contributed by atoms with E-state index in [1.807, 2.05) is 13.0 Å². The Morgan fingerprint density at radius 3 is 2.76 bits per heavy atom.